The molecule has 0 aliphatic carbocycles. The van der Waals surface area contributed by atoms with E-state index in [1.165, 1.54) is 12.1 Å². The summed E-state index contributed by atoms with van der Waals surface area (Å²) in [6.45, 7) is 0.213. The molecular formula is C22H16FN2O+. The number of aromatic nitrogens is 2. The molecule has 0 atom stereocenters. The lowest BCUT2D eigenvalue weighted by atomic mass is 10.0. The number of hydrogen-bond acceptors (Lipinski definition) is 2. The van der Waals surface area contributed by atoms with Gasteiger partial charge in [-0.3, -0.25) is 4.79 Å². The zero-order valence-electron chi connectivity index (χ0n) is 14.0. The molecule has 0 radical (unpaired) electrons. The summed E-state index contributed by atoms with van der Waals surface area (Å²) in [5.41, 5.74) is 2.27. The average Bonchev–Trinajstić information content (AvgIpc) is 2.69. The second kappa shape index (κ2) is 6.84. The number of Topliss-reactive ketones (excluding diaryl/α,β-unsaturated/α-hetero) is 1. The van der Waals surface area contributed by atoms with Gasteiger partial charge >= 0.3 is 0 Å². The van der Waals surface area contributed by atoms with Crippen LogP contribution in [0.4, 0.5) is 4.39 Å². The molecule has 4 aromatic rings. The number of carbonyl (C=O) groups excluding carboxylic acids is 1. The molecule has 0 aliphatic heterocycles. The number of ketones is 1. The van der Waals surface area contributed by atoms with Crippen molar-refractivity contribution < 1.29 is 13.8 Å². The minimum absolute atomic E-state index is 0.0307. The molecule has 0 N–H and O–H groups in total. The third-order valence-corrected chi connectivity index (χ3v) is 4.33. The first-order valence-corrected chi connectivity index (χ1v) is 8.33. The van der Waals surface area contributed by atoms with Crippen LogP contribution in [0.2, 0.25) is 0 Å². The highest BCUT2D eigenvalue weighted by Gasteiger charge is 2.14. The molecule has 4 heteroatoms. The largest absolute Gasteiger partial charge is 0.290 e. The van der Waals surface area contributed by atoms with Crippen molar-refractivity contribution in [3.8, 4) is 11.3 Å². The third-order valence-electron chi connectivity index (χ3n) is 4.33. The van der Waals surface area contributed by atoms with Crippen molar-refractivity contribution in [2.45, 2.75) is 6.54 Å². The van der Waals surface area contributed by atoms with Gasteiger partial charge < -0.3 is 0 Å². The fourth-order valence-electron chi connectivity index (χ4n) is 2.99. The van der Waals surface area contributed by atoms with Gasteiger partial charge in [-0.15, -0.1) is 0 Å². The molecule has 0 fully saturated rings. The average molecular weight is 343 g/mol. The van der Waals surface area contributed by atoms with Gasteiger partial charge in [0.05, 0.1) is 6.20 Å². The molecule has 4 rings (SSSR count). The van der Waals surface area contributed by atoms with Crippen LogP contribution in [0.1, 0.15) is 10.4 Å². The van der Waals surface area contributed by atoms with Gasteiger partial charge in [0.15, 0.2) is 12.2 Å². The van der Waals surface area contributed by atoms with Gasteiger partial charge in [0.25, 0.3) is 6.33 Å². The van der Waals surface area contributed by atoms with Gasteiger partial charge in [-0.25, -0.2) is 8.96 Å². The van der Waals surface area contributed by atoms with Crippen molar-refractivity contribution in [2.24, 2.45) is 0 Å². The van der Waals surface area contributed by atoms with Crippen LogP contribution < -0.4 is 4.57 Å². The maximum Gasteiger partial charge on any atom is 0.287 e. The Morgan fingerprint density at radius 1 is 0.923 bits per heavy atom. The Morgan fingerprint density at radius 2 is 1.69 bits per heavy atom. The minimum Gasteiger partial charge on any atom is -0.290 e. The second-order valence-corrected chi connectivity index (χ2v) is 6.07. The van der Waals surface area contributed by atoms with Gasteiger partial charge in [-0.1, -0.05) is 42.5 Å². The number of rotatable bonds is 4. The van der Waals surface area contributed by atoms with E-state index in [9.17, 15) is 9.18 Å². The summed E-state index contributed by atoms with van der Waals surface area (Å²) in [6, 6.07) is 21.6. The van der Waals surface area contributed by atoms with Crippen LogP contribution >= 0.6 is 0 Å². The van der Waals surface area contributed by atoms with Crippen LogP contribution in [0.3, 0.4) is 0 Å². The number of nitrogens with zero attached hydrogens (tertiary/aromatic N) is 2. The first-order chi connectivity index (χ1) is 12.7. The summed E-state index contributed by atoms with van der Waals surface area (Å²) in [4.78, 5) is 17.1. The molecule has 0 aliphatic rings. The number of hydrogen-bond donors (Lipinski definition) is 0. The molecule has 126 valence electrons. The molecular weight excluding hydrogens is 327 g/mol. The first-order valence-electron chi connectivity index (χ1n) is 8.33. The van der Waals surface area contributed by atoms with Gasteiger partial charge in [-0.2, -0.15) is 0 Å². The van der Waals surface area contributed by atoms with E-state index in [0.29, 0.717) is 5.56 Å². The lowest BCUT2D eigenvalue weighted by Crippen LogP contribution is -2.37. The minimum atomic E-state index is -0.277. The summed E-state index contributed by atoms with van der Waals surface area (Å²) in [6.07, 6.45) is 3.44. The maximum absolute atomic E-state index is 13.0. The van der Waals surface area contributed by atoms with E-state index in [0.717, 1.165) is 22.0 Å². The molecule has 0 bridgehead atoms. The lowest BCUT2D eigenvalue weighted by molar-refractivity contribution is -0.686. The quantitative estimate of drug-likeness (QED) is 0.411. The molecule has 0 saturated carbocycles. The van der Waals surface area contributed by atoms with Crippen molar-refractivity contribution in [3.05, 3.63) is 96.7 Å². The van der Waals surface area contributed by atoms with E-state index >= 15 is 0 Å². The Morgan fingerprint density at radius 3 is 2.46 bits per heavy atom. The van der Waals surface area contributed by atoms with E-state index < -0.39 is 0 Å². The van der Waals surface area contributed by atoms with E-state index in [2.05, 4.69) is 4.98 Å². The highest BCUT2D eigenvalue weighted by atomic mass is 19.1. The van der Waals surface area contributed by atoms with E-state index in [-0.39, 0.29) is 18.1 Å². The summed E-state index contributed by atoms with van der Waals surface area (Å²) in [5, 5.41) is 2.00. The second-order valence-electron chi connectivity index (χ2n) is 6.07. The van der Waals surface area contributed by atoms with Crippen molar-refractivity contribution in [1.82, 2.24) is 4.98 Å². The zero-order chi connectivity index (χ0) is 17.9. The lowest BCUT2D eigenvalue weighted by Gasteiger charge is -2.05. The number of benzene rings is 3. The maximum atomic E-state index is 13.0. The van der Waals surface area contributed by atoms with Crippen molar-refractivity contribution >= 4 is 16.6 Å². The number of carbonyl (C=O) groups is 1. The summed E-state index contributed by atoms with van der Waals surface area (Å²) < 4.78 is 14.8. The Bertz CT molecular complexity index is 1070. The topological polar surface area (TPSA) is 33.8 Å². The monoisotopic (exact) mass is 343 g/mol. The van der Waals surface area contributed by atoms with Gasteiger partial charge in [0.1, 0.15) is 5.82 Å². The molecule has 3 nitrogen and oxygen atoms in total. The third kappa shape index (κ3) is 3.22. The summed E-state index contributed by atoms with van der Waals surface area (Å²) in [7, 11) is 0. The van der Waals surface area contributed by atoms with Crippen LogP contribution in [0.15, 0.2) is 85.3 Å². The van der Waals surface area contributed by atoms with Crippen LogP contribution in [-0.4, -0.2) is 10.8 Å². The Kier molecular flexibility index (Phi) is 4.23. The van der Waals surface area contributed by atoms with Crippen molar-refractivity contribution in [2.75, 3.05) is 0 Å². The zero-order valence-corrected chi connectivity index (χ0v) is 14.0. The van der Waals surface area contributed by atoms with E-state index in [1.54, 1.807) is 23.0 Å². The molecule has 0 spiro atoms. The Hall–Kier alpha value is -3.40. The van der Waals surface area contributed by atoms with Gasteiger partial charge in [0.2, 0.25) is 5.78 Å². The Balaban J connectivity index is 1.57. The number of fused-ring (bicyclic) bond motifs is 1. The van der Waals surface area contributed by atoms with Gasteiger partial charge in [0, 0.05) is 17.2 Å². The summed E-state index contributed by atoms with van der Waals surface area (Å²) >= 11 is 0. The Labute approximate surface area is 150 Å². The molecule has 0 unspecified atom stereocenters. The molecule has 3 aromatic carbocycles. The highest BCUT2D eigenvalue weighted by molar-refractivity contribution is 6.07. The van der Waals surface area contributed by atoms with Crippen LogP contribution in [-0.2, 0) is 6.54 Å². The predicted molar refractivity (Wildman–Crippen MR) is 98.1 cm³/mol. The van der Waals surface area contributed by atoms with Gasteiger partial charge in [-0.05, 0) is 40.0 Å². The van der Waals surface area contributed by atoms with E-state index in [1.807, 2.05) is 54.7 Å². The van der Waals surface area contributed by atoms with Crippen molar-refractivity contribution in [1.29, 1.82) is 0 Å². The van der Waals surface area contributed by atoms with Crippen LogP contribution in [0.25, 0.3) is 22.0 Å². The van der Waals surface area contributed by atoms with Crippen molar-refractivity contribution in [3.63, 3.8) is 0 Å². The smallest absolute Gasteiger partial charge is 0.287 e. The fourth-order valence-corrected chi connectivity index (χ4v) is 2.99. The normalized spacial score (nSPS) is 10.8. The first kappa shape index (κ1) is 16.1. The SMILES string of the molecule is O=C(C[n+]1ccc(-c2ccc(F)cc2)nc1)c1cccc2ccccc12. The summed E-state index contributed by atoms with van der Waals surface area (Å²) in [5.74, 6) is -0.247. The molecule has 0 amide bonds. The molecule has 1 aromatic heterocycles. The van der Waals surface area contributed by atoms with Crippen LogP contribution in [0.5, 0.6) is 0 Å². The highest BCUT2D eigenvalue weighted by Crippen LogP contribution is 2.19. The molecule has 0 saturated heterocycles. The number of halogens is 1. The molecule has 1 heterocycles. The predicted octanol–water partition coefficient (Wildman–Crippen LogP) is 4.21. The standard InChI is InChI=1S/C22H16FN2O/c23-18-10-8-17(9-11-18)21-12-13-25(15-24-21)14-22(26)20-7-3-5-16-4-1-2-6-19(16)20/h1-13,15H,14H2/q+1. The molecule has 26 heavy (non-hydrogen) atoms. The fraction of sp³-hybridized carbons (Fsp3) is 0.0455. The van der Waals surface area contributed by atoms with E-state index in [4.69, 9.17) is 0 Å². The van der Waals surface area contributed by atoms with Crippen LogP contribution in [0, 0.1) is 5.82 Å².